The van der Waals surface area contributed by atoms with Crippen LogP contribution in [0.1, 0.15) is 32.1 Å². The number of guanidine groups is 1. The van der Waals surface area contributed by atoms with Gasteiger partial charge in [-0.2, -0.15) is 4.98 Å². The molecule has 0 aliphatic carbocycles. The van der Waals surface area contributed by atoms with Crippen LogP contribution in [0.3, 0.4) is 0 Å². The molecule has 0 atom stereocenters. The summed E-state index contributed by atoms with van der Waals surface area (Å²) in [5.41, 5.74) is 0.866. The van der Waals surface area contributed by atoms with Gasteiger partial charge in [0.1, 0.15) is 6.54 Å². The number of hydrogen-bond acceptors (Lipinski definition) is 5. The third kappa shape index (κ3) is 7.21. The molecule has 0 bridgehead atoms. The molecule has 1 aliphatic rings. The van der Waals surface area contributed by atoms with Crippen molar-refractivity contribution in [3.8, 4) is 11.4 Å². The lowest BCUT2D eigenvalue weighted by atomic mass is 10.1. The van der Waals surface area contributed by atoms with Gasteiger partial charge >= 0.3 is 0 Å². The van der Waals surface area contributed by atoms with E-state index in [9.17, 15) is 0 Å². The van der Waals surface area contributed by atoms with E-state index in [-0.39, 0.29) is 24.0 Å². The van der Waals surface area contributed by atoms with Crippen LogP contribution in [0.25, 0.3) is 11.4 Å². The summed E-state index contributed by atoms with van der Waals surface area (Å²) < 4.78 is 5.31. The molecule has 1 aliphatic heterocycles. The highest BCUT2D eigenvalue weighted by Crippen LogP contribution is 2.18. The predicted molar refractivity (Wildman–Crippen MR) is 123 cm³/mol. The number of aromatic nitrogens is 2. The lowest BCUT2D eigenvalue weighted by molar-refractivity contribution is 0.232. The van der Waals surface area contributed by atoms with Crippen molar-refractivity contribution in [1.82, 2.24) is 25.7 Å². The fraction of sp³-hybridized carbons (Fsp3) is 0.526. The average Bonchev–Trinajstić information content (AvgIpc) is 3.16. The Morgan fingerprint density at radius 2 is 1.93 bits per heavy atom. The van der Waals surface area contributed by atoms with Crippen molar-refractivity contribution < 1.29 is 4.52 Å². The zero-order valence-electron chi connectivity index (χ0n) is 16.2. The molecule has 1 fully saturated rings. The molecule has 1 saturated heterocycles. The highest BCUT2D eigenvalue weighted by atomic mass is 127. The van der Waals surface area contributed by atoms with Crippen LogP contribution in [-0.4, -0.2) is 53.7 Å². The second-order valence-corrected chi connectivity index (χ2v) is 6.98. The topological polar surface area (TPSA) is 78.6 Å². The quantitative estimate of drug-likeness (QED) is 0.332. The van der Waals surface area contributed by atoms with E-state index in [2.05, 4.69) is 30.7 Å². The molecular weight excluding hydrogens is 491 g/mol. The first-order chi connectivity index (χ1) is 13.2. The average molecular weight is 519 g/mol. The molecule has 2 aromatic rings. The van der Waals surface area contributed by atoms with Crippen molar-refractivity contribution >= 4 is 41.5 Å². The highest BCUT2D eigenvalue weighted by Gasteiger charge is 2.10. The summed E-state index contributed by atoms with van der Waals surface area (Å²) in [5, 5.41) is 11.3. The first kappa shape index (κ1) is 22.9. The summed E-state index contributed by atoms with van der Waals surface area (Å²) in [7, 11) is 0. The molecule has 3 rings (SSSR count). The summed E-state index contributed by atoms with van der Waals surface area (Å²) in [5.74, 6) is 1.79. The molecule has 2 heterocycles. The van der Waals surface area contributed by atoms with Gasteiger partial charge in [0.25, 0.3) is 0 Å². The number of piperidine rings is 1. The van der Waals surface area contributed by atoms with Crippen molar-refractivity contribution in [2.24, 2.45) is 4.99 Å². The minimum atomic E-state index is 0. The van der Waals surface area contributed by atoms with E-state index >= 15 is 0 Å². The Bertz CT molecular complexity index is 730. The number of rotatable bonds is 7. The normalized spacial score (nSPS) is 15.1. The molecule has 0 amide bonds. The largest absolute Gasteiger partial charge is 0.357 e. The van der Waals surface area contributed by atoms with E-state index in [1.807, 2.05) is 19.1 Å². The third-order valence-corrected chi connectivity index (χ3v) is 4.71. The molecule has 0 radical (unpaired) electrons. The van der Waals surface area contributed by atoms with Gasteiger partial charge in [-0.1, -0.05) is 23.2 Å². The Morgan fingerprint density at radius 3 is 2.64 bits per heavy atom. The van der Waals surface area contributed by atoms with Crippen LogP contribution in [-0.2, 0) is 6.54 Å². The van der Waals surface area contributed by atoms with Crippen LogP contribution in [0.15, 0.2) is 33.8 Å². The van der Waals surface area contributed by atoms with Crippen molar-refractivity contribution in [2.45, 2.75) is 32.7 Å². The third-order valence-electron chi connectivity index (χ3n) is 4.46. The van der Waals surface area contributed by atoms with Gasteiger partial charge in [-0.15, -0.1) is 24.0 Å². The Kier molecular flexibility index (Phi) is 10.0. The minimum Gasteiger partial charge on any atom is -0.357 e. The van der Waals surface area contributed by atoms with Gasteiger partial charge in [-0.3, -0.25) is 0 Å². The van der Waals surface area contributed by atoms with E-state index < -0.39 is 0 Å². The molecule has 0 spiro atoms. The maximum atomic E-state index is 5.91. The summed E-state index contributed by atoms with van der Waals surface area (Å²) >= 11 is 5.91. The Hall–Kier alpha value is -1.39. The lowest BCUT2D eigenvalue weighted by Crippen LogP contribution is -2.42. The minimum absolute atomic E-state index is 0. The molecule has 7 nitrogen and oxygen atoms in total. The monoisotopic (exact) mass is 518 g/mol. The van der Waals surface area contributed by atoms with Crippen LogP contribution < -0.4 is 10.6 Å². The number of benzene rings is 1. The summed E-state index contributed by atoms with van der Waals surface area (Å²) in [6.45, 7) is 7.48. The zero-order chi connectivity index (χ0) is 18.9. The molecule has 2 N–H and O–H groups in total. The van der Waals surface area contributed by atoms with Crippen LogP contribution in [0.4, 0.5) is 0 Å². The molecule has 1 aromatic carbocycles. The van der Waals surface area contributed by atoms with Gasteiger partial charge in [-0.25, -0.2) is 4.99 Å². The summed E-state index contributed by atoms with van der Waals surface area (Å²) in [6, 6.07) is 7.35. The van der Waals surface area contributed by atoms with E-state index in [0.717, 1.165) is 31.2 Å². The van der Waals surface area contributed by atoms with E-state index in [1.165, 1.54) is 32.4 Å². The van der Waals surface area contributed by atoms with Crippen molar-refractivity contribution in [3.05, 3.63) is 35.2 Å². The van der Waals surface area contributed by atoms with Crippen molar-refractivity contribution in [2.75, 3.05) is 32.7 Å². The smallest absolute Gasteiger partial charge is 0.248 e. The Morgan fingerprint density at radius 1 is 1.18 bits per heavy atom. The maximum Gasteiger partial charge on any atom is 0.248 e. The van der Waals surface area contributed by atoms with Crippen LogP contribution >= 0.6 is 35.6 Å². The van der Waals surface area contributed by atoms with Gasteiger partial charge < -0.3 is 20.1 Å². The molecule has 1 aromatic heterocycles. The Balaban J connectivity index is 0.00000280. The standard InChI is InChI=1S/C19H27ClN6O.HI/c1-2-21-19(22-10-13-26-11-4-3-5-12-26)23-14-17-24-18(25-27-17)15-6-8-16(20)9-7-15;/h6-9H,2-5,10-14H2,1H3,(H2,21,22,23);1H. The van der Waals surface area contributed by atoms with E-state index in [4.69, 9.17) is 16.1 Å². The molecule has 0 saturated carbocycles. The molecule has 154 valence electrons. The molecule has 28 heavy (non-hydrogen) atoms. The second kappa shape index (κ2) is 12.2. The fourth-order valence-corrected chi connectivity index (χ4v) is 3.17. The zero-order valence-corrected chi connectivity index (χ0v) is 19.2. The first-order valence-electron chi connectivity index (χ1n) is 9.57. The molecular formula is C19H28ClIN6O. The number of hydrogen-bond donors (Lipinski definition) is 2. The number of nitrogens with zero attached hydrogens (tertiary/aromatic N) is 4. The van der Waals surface area contributed by atoms with Crippen LogP contribution in [0, 0.1) is 0 Å². The first-order valence-corrected chi connectivity index (χ1v) is 9.95. The number of halogens is 2. The van der Waals surface area contributed by atoms with Gasteiger partial charge in [0, 0.05) is 30.2 Å². The fourth-order valence-electron chi connectivity index (χ4n) is 3.04. The second-order valence-electron chi connectivity index (χ2n) is 6.54. The summed E-state index contributed by atoms with van der Waals surface area (Å²) in [6.07, 6.45) is 3.97. The highest BCUT2D eigenvalue weighted by molar-refractivity contribution is 14.0. The van der Waals surface area contributed by atoms with Gasteiger partial charge in [0.05, 0.1) is 0 Å². The molecule has 9 heteroatoms. The van der Waals surface area contributed by atoms with Gasteiger partial charge in [0.15, 0.2) is 5.96 Å². The number of likely N-dealkylation sites (tertiary alicyclic amines) is 1. The van der Waals surface area contributed by atoms with Crippen molar-refractivity contribution in [3.63, 3.8) is 0 Å². The predicted octanol–water partition coefficient (Wildman–Crippen LogP) is 3.55. The van der Waals surface area contributed by atoms with Crippen molar-refractivity contribution in [1.29, 1.82) is 0 Å². The van der Waals surface area contributed by atoms with Gasteiger partial charge in [-0.05, 0) is 57.1 Å². The maximum absolute atomic E-state index is 5.91. The number of aliphatic imine (C=N–C) groups is 1. The van der Waals surface area contributed by atoms with E-state index in [1.54, 1.807) is 12.1 Å². The van der Waals surface area contributed by atoms with Crippen LogP contribution in [0.5, 0.6) is 0 Å². The van der Waals surface area contributed by atoms with Crippen LogP contribution in [0.2, 0.25) is 5.02 Å². The lowest BCUT2D eigenvalue weighted by Gasteiger charge is -2.26. The summed E-state index contributed by atoms with van der Waals surface area (Å²) in [4.78, 5) is 11.4. The van der Waals surface area contributed by atoms with E-state index in [0.29, 0.717) is 23.3 Å². The SMILES string of the molecule is CCNC(=NCc1nc(-c2ccc(Cl)cc2)no1)NCCN1CCCCC1.I. The van der Waals surface area contributed by atoms with Gasteiger partial charge in [0.2, 0.25) is 11.7 Å². The Labute approximate surface area is 188 Å². The number of nitrogens with one attached hydrogen (secondary N) is 2. The molecule has 0 unspecified atom stereocenters.